The SMILES string of the molecule is Cc1noc(C)c1S(=O)(=O)N(CCO)Cc1ccccc1. The predicted molar refractivity (Wildman–Crippen MR) is 77.1 cm³/mol. The number of rotatable bonds is 6. The van der Waals surface area contributed by atoms with Crippen LogP contribution in [0.25, 0.3) is 0 Å². The van der Waals surface area contributed by atoms with E-state index in [1.54, 1.807) is 13.8 Å². The van der Waals surface area contributed by atoms with E-state index in [1.807, 2.05) is 30.3 Å². The zero-order valence-corrected chi connectivity index (χ0v) is 12.8. The van der Waals surface area contributed by atoms with Crippen molar-refractivity contribution in [3.8, 4) is 0 Å². The van der Waals surface area contributed by atoms with E-state index in [9.17, 15) is 8.42 Å². The molecule has 1 N–H and O–H groups in total. The molecule has 0 atom stereocenters. The highest BCUT2D eigenvalue weighted by atomic mass is 32.2. The van der Waals surface area contributed by atoms with Gasteiger partial charge in [0.2, 0.25) is 10.0 Å². The molecule has 0 aliphatic carbocycles. The van der Waals surface area contributed by atoms with Gasteiger partial charge in [-0.05, 0) is 19.4 Å². The number of aliphatic hydroxyl groups is 1. The monoisotopic (exact) mass is 310 g/mol. The summed E-state index contributed by atoms with van der Waals surface area (Å²) in [6.45, 7) is 3.10. The summed E-state index contributed by atoms with van der Waals surface area (Å²) in [5.74, 6) is 0.253. The van der Waals surface area contributed by atoms with Gasteiger partial charge in [-0.15, -0.1) is 0 Å². The van der Waals surface area contributed by atoms with Crippen molar-refractivity contribution in [1.82, 2.24) is 9.46 Å². The Morgan fingerprint density at radius 3 is 2.43 bits per heavy atom. The van der Waals surface area contributed by atoms with Gasteiger partial charge in [0.1, 0.15) is 10.6 Å². The number of aryl methyl sites for hydroxylation is 2. The van der Waals surface area contributed by atoms with Crippen LogP contribution in [-0.4, -0.2) is 36.1 Å². The van der Waals surface area contributed by atoms with Crippen molar-refractivity contribution in [2.75, 3.05) is 13.2 Å². The van der Waals surface area contributed by atoms with Gasteiger partial charge in [-0.1, -0.05) is 35.5 Å². The molecule has 0 aliphatic heterocycles. The lowest BCUT2D eigenvalue weighted by Gasteiger charge is -2.21. The van der Waals surface area contributed by atoms with Gasteiger partial charge in [0.25, 0.3) is 0 Å². The lowest BCUT2D eigenvalue weighted by Crippen LogP contribution is -2.33. The molecular formula is C14H18N2O4S. The lowest BCUT2D eigenvalue weighted by molar-refractivity contribution is 0.251. The molecule has 21 heavy (non-hydrogen) atoms. The quantitative estimate of drug-likeness (QED) is 0.873. The maximum atomic E-state index is 12.7. The number of sulfonamides is 1. The first-order valence-corrected chi connectivity index (χ1v) is 7.98. The summed E-state index contributed by atoms with van der Waals surface area (Å²) in [5.41, 5.74) is 1.17. The fourth-order valence-corrected chi connectivity index (χ4v) is 3.87. The standard InChI is InChI=1S/C14H18N2O4S/c1-11-14(12(2)20-15-11)21(18,19)16(8-9-17)10-13-6-4-3-5-7-13/h3-7,17H,8-10H2,1-2H3. The van der Waals surface area contributed by atoms with Gasteiger partial charge < -0.3 is 9.63 Å². The largest absolute Gasteiger partial charge is 0.395 e. The Kier molecular flexibility index (Phi) is 4.76. The Balaban J connectivity index is 2.37. The van der Waals surface area contributed by atoms with Crippen molar-refractivity contribution < 1.29 is 18.0 Å². The molecule has 0 fully saturated rings. The van der Waals surface area contributed by atoms with Crippen LogP contribution in [0.3, 0.4) is 0 Å². The molecule has 1 aromatic heterocycles. The van der Waals surface area contributed by atoms with Crippen molar-refractivity contribution in [2.24, 2.45) is 0 Å². The maximum absolute atomic E-state index is 12.7. The number of aliphatic hydroxyl groups excluding tert-OH is 1. The van der Waals surface area contributed by atoms with Gasteiger partial charge >= 0.3 is 0 Å². The number of nitrogens with zero attached hydrogens (tertiary/aromatic N) is 2. The summed E-state index contributed by atoms with van der Waals surface area (Å²) in [5, 5.41) is 12.9. The van der Waals surface area contributed by atoms with E-state index in [2.05, 4.69) is 5.16 Å². The summed E-state index contributed by atoms with van der Waals surface area (Å²) in [7, 11) is -3.76. The van der Waals surface area contributed by atoms with Gasteiger partial charge in [-0.25, -0.2) is 8.42 Å². The van der Waals surface area contributed by atoms with Crippen LogP contribution in [0, 0.1) is 13.8 Å². The molecule has 0 unspecified atom stereocenters. The average Bonchev–Trinajstić information content (AvgIpc) is 2.79. The van der Waals surface area contributed by atoms with Crippen LogP contribution in [0.15, 0.2) is 39.8 Å². The number of hydrogen-bond acceptors (Lipinski definition) is 5. The van der Waals surface area contributed by atoms with Crippen LogP contribution in [0.1, 0.15) is 17.0 Å². The highest BCUT2D eigenvalue weighted by Crippen LogP contribution is 2.24. The maximum Gasteiger partial charge on any atom is 0.248 e. The first-order valence-electron chi connectivity index (χ1n) is 6.54. The smallest absolute Gasteiger partial charge is 0.248 e. The second-order valence-electron chi connectivity index (χ2n) is 4.70. The first kappa shape index (κ1) is 15.7. The average molecular weight is 310 g/mol. The lowest BCUT2D eigenvalue weighted by atomic mass is 10.2. The van der Waals surface area contributed by atoms with Gasteiger partial charge in [0.15, 0.2) is 5.76 Å². The van der Waals surface area contributed by atoms with Crippen molar-refractivity contribution >= 4 is 10.0 Å². The van der Waals surface area contributed by atoms with Crippen molar-refractivity contribution in [1.29, 1.82) is 0 Å². The van der Waals surface area contributed by atoms with Crippen LogP contribution in [0.2, 0.25) is 0 Å². The normalized spacial score (nSPS) is 12.0. The molecular weight excluding hydrogens is 292 g/mol. The molecule has 0 saturated carbocycles. The molecule has 114 valence electrons. The highest BCUT2D eigenvalue weighted by Gasteiger charge is 2.30. The molecule has 0 bridgehead atoms. The van der Waals surface area contributed by atoms with Gasteiger partial charge in [-0.2, -0.15) is 4.31 Å². The highest BCUT2D eigenvalue weighted by molar-refractivity contribution is 7.89. The molecule has 0 spiro atoms. The Bertz CT molecular complexity index is 676. The molecule has 0 amide bonds. The van der Waals surface area contributed by atoms with Gasteiger partial charge in [0, 0.05) is 13.1 Å². The minimum Gasteiger partial charge on any atom is -0.395 e. The molecule has 1 aromatic carbocycles. The van der Waals surface area contributed by atoms with E-state index in [-0.39, 0.29) is 30.4 Å². The van der Waals surface area contributed by atoms with Crippen molar-refractivity contribution in [3.05, 3.63) is 47.3 Å². The van der Waals surface area contributed by atoms with E-state index in [0.29, 0.717) is 5.69 Å². The second kappa shape index (κ2) is 6.38. The van der Waals surface area contributed by atoms with Gasteiger partial charge in [0.05, 0.1) is 6.61 Å². The Labute approximate surface area is 124 Å². The Morgan fingerprint density at radius 2 is 1.90 bits per heavy atom. The molecule has 0 aliphatic rings. The Hall–Kier alpha value is -1.70. The van der Waals surface area contributed by atoms with E-state index in [1.165, 1.54) is 4.31 Å². The molecule has 1 heterocycles. The summed E-state index contributed by atoms with van der Waals surface area (Å²) in [6, 6.07) is 9.23. The van der Waals surface area contributed by atoms with Crippen LogP contribution in [-0.2, 0) is 16.6 Å². The van der Waals surface area contributed by atoms with Crippen molar-refractivity contribution in [2.45, 2.75) is 25.3 Å². The minimum atomic E-state index is -3.76. The summed E-state index contributed by atoms with van der Waals surface area (Å²) >= 11 is 0. The fraction of sp³-hybridized carbons (Fsp3) is 0.357. The number of benzene rings is 1. The van der Waals surface area contributed by atoms with Crippen molar-refractivity contribution in [3.63, 3.8) is 0 Å². The summed E-state index contributed by atoms with van der Waals surface area (Å²) in [6.07, 6.45) is 0. The summed E-state index contributed by atoms with van der Waals surface area (Å²) < 4.78 is 31.7. The zero-order valence-electron chi connectivity index (χ0n) is 12.0. The number of aromatic nitrogens is 1. The molecule has 0 radical (unpaired) electrons. The molecule has 0 saturated heterocycles. The van der Waals surface area contributed by atoms with E-state index in [4.69, 9.17) is 9.63 Å². The summed E-state index contributed by atoms with van der Waals surface area (Å²) in [4.78, 5) is 0.0758. The van der Waals surface area contributed by atoms with Crippen LogP contribution >= 0.6 is 0 Å². The molecule has 2 rings (SSSR count). The number of hydrogen-bond donors (Lipinski definition) is 1. The minimum absolute atomic E-state index is 0.0152. The molecule has 2 aromatic rings. The van der Waals surface area contributed by atoms with E-state index < -0.39 is 10.0 Å². The van der Waals surface area contributed by atoms with Crippen LogP contribution in [0.4, 0.5) is 0 Å². The Morgan fingerprint density at radius 1 is 1.24 bits per heavy atom. The van der Waals surface area contributed by atoms with Gasteiger partial charge in [-0.3, -0.25) is 0 Å². The molecule has 7 heteroatoms. The van der Waals surface area contributed by atoms with E-state index >= 15 is 0 Å². The third kappa shape index (κ3) is 3.31. The predicted octanol–water partition coefficient (Wildman–Crippen LogP) is 1.47. The van der Waals surface area contributed by atoms with E-state index in [0.717, 1.165) is 5.56 Å². The molecule has 6 nitrogen and oxygen atoms in total. The first-order chi connectivity index (χ1) is 9.96. The third-order valence-electron chi connectivity index (χ3n) is 3.12. The van der Waals surface area contributed by atoms with Crippen LogP contribution < -0.4 is 0 Å². The second-order valence-corrected chi connectivity index (χ2v) is 6.58. The third-order valence-corrected chi connectivity index (χ3v) is 5.21. The van der Waals surface area contributed by atoms with Crippen LogP contribution in [0.5, 0.6) is 0 Å². The topological polar surface area (TPSA) is 83.6 Å². The zero-order chi connectivity index (χ0) is 15.5. The fourth-order valence-electron chi connectivity index (χ4n) is 2.15.